The van der Waals surface area contributed by atoms with Crippen molar-refractivity contribution in [3.8, 4) is 11.8 Å². The van der Waals surface area contributed by atoms with Crippen LogP contribution in [0.1, 0.15) is 5.56 Å². The molecule has 5 heteroatoms. The van der Waals surface area contributed by atoms with Crippen molar-refractivity contribution in [2.75, 3.05) is 31.1 Å². The van der Waals surface area contributed by atoms with Crippen molar-refractivity contribution in [1.82, 2.24) is 9.88 Å². The van der Waals surface area contributed by atoms with Crippen LogP contribution < -0.4 is 4.90 Å². The van der Waals surface area contributed by atoms with Gasteiger partial charge in [0.1, 0.15) is 5.82 Å². The van der Waals surface area contributed by atoms with Gasteiger partial charge in [-0.25, -0.2) is 4.98 Å². The summed E-state index contributed by atoms with van der Waals surface area (Å²) in [4.78, 5) is 9.38. The summed E-state index contributed by atoms with van der Waals surface area (Å²) >= 11 is 11.7. The molecule has 1 aliphatic heterocycles. The molecule has 0 atom stereocenters. The van der Waals surface area contributed by atoms with Crippen LogP contribution in [0, 0.1) is 11.8 Å². The molecule has 1 aromatic heterocycles. The van der Waals surface area contributed by atoms with E-state index >= 15 is 0 Å². The standard InChI is InChI=1S/C18H16ClN3S/c19-16-7-4-10-20-18(16)22-13-11-21(12-14-22)17(23)9-8-15-5-2-1-3-6-15/h1-7,10H,11-14H2. The topological polar surface area (TPSA) is 19.4 Å². The minimum Gasteiger partial charge on any atom is -0.352 e. The number of thiocarbonyl (C=S) groups is 1. The molecule has 1 saturated heterocycles. The molecule has 0 saturated carbocycles. The van der Waals surface area contributed by atoms with Gasteiger partial charge in [-0.15, -0.1) is 0 Å². The minimum absolute atomic E-state index is 0.687. The Morgan fingerprint density at radius 2 is 1.78 bits per heavy atom. The maximum absolute atomic E-state index is 6.21. The predicted molar refractivity (Wildman–Crippen MR) is 99.0 cm³/mol. The highest BCUT2D eigenvalue weighted by molar-refractivity contribution is 7.80. The summed E-state index contributed by atoms with van der Waals surface area (Å²) in [5.41, 5.74) is 0.980. The molecule has 3 rings (SSSR count). The fourth-order valence-corrected chi connectivity index (χ4v) is 2.93. The van der Waals surface area contributed by atoms with E-state index in [1.54, 1.807) is 6.20 Å². The van der Waals surface area contributed by atoms with E-state index in [1.807, 2.05) is 42.5 Å². The summed E-state index contributed by atoms with van der Waals surface area (Å²) in [6.45, 7) is 3.33. The molecule has 0 aliphatic carbocycles. The summed E-state index contributed by atoms with van der Waals surface area (Å²) in [6.07, 6.45) is 1.77. The second kappa shape index (κ2) is 7.45. The van der Waals surface area contributed by atoms with Crippen LogP contribution >= 0.6 is 23.8 Å². The van der Waals surface area contributed by atoms with Crippen LogP contribution in [0.4, 0.5) is 5.82 Å². The molecule has 2 aromatic rings. The molecule has 0 bridgehead atoms. The van der Waals surface area contributed by atoms with E-state index in [1.165, 1.54) is 0 Å². The lowest BCUT2D eigenvalue weighted by Crippen LogP contribution is -2.48. The van der Waals surface area contributed by atoms with Crippen molar-refractivity contribution in [1.29, 1.82) is 0 Å². The third-order valence-electron chi connectivity index (χ3n) is 3.69. The number of benzene rings is 1. The smallest absolute Gasteiger partial charge is 0.153 e. The van der Waals surface area contributed by atoms with Gasteiger partial charge in [0.25, 0.3) is 0 Å². The van der Waals surface area contributed by atoms with Crippen molar-refractivity contribution < 1.29 is 0 Å². The van der Waals surface area contributed by atoms with Crippen LogP contribution in [0.3, 0.4) is 0 Å². The number of anilines is 1. The Bertz CT molecular complexity index is 744. The molecule has 0 N–H and O–H groups in total. The van der Waals surface area contributed by atoms with Crippen molar-refractivity contribution in [2.24, 2.45) is 0 Å². The van der Waals surface area contributed by atoms with Gasteiger partial charge in [-0.3, -0.25) is 0 Å². The molecule has 1 aliphatic rings. The van der Waals surface area contributed by atoms with E-state index in [0.717, 1.165) is 37.6 Å². The van der Waals surface area contributed by atoms with Gasteiger partial charge in [0, 0.05) is 37.9 Å². The van der Waals surface area contributed by atoms with E-state index in [4.69, 9.17) is 23.8 Å². The lowest BCUT2D eigenvalue weighted by Gasteiger charge is -2.35. The fraction of sp³-hybridized carbons (Fsp3) is 0.222. The molecule has 23 heavy (non-hydrogen) atoms. The summed E-state index contributed by atoms with van der Waals surface area (Å²) in [5, 5.41) is 0.687. The zero-order valence-corrected chi connectivity index (χ0v) is 14.1. The number of nitrogens with zero attached hydrogens (tertiary/aromatic N) is 3. The first-order valence-corrected chi connectivity index (χ1v) is 8.24. The zero-order valence-electron chi connectivity index (χ0n) is 12.6. The van der Waals surface area contributed by atoms with E-state index in [0.29, 0.717) is 10.0 Å². The SMILES string of the molecule is S=C(C#Cc1ccccc1)N1CCN(c2ncccc2Cl)CC1. The summed E-state index contributed by atoms with van der Waals surface area (Å²) < 4.78 is 0. The number of rotatable bonds is 1. The first-order chi connectivity index (χ1) is 11.2. The lowest BCUT2D eigenvalue weighted by atomic mass is 10.2. The monoisotopic (exact) mass is 341 g/mol. The molecule has 0 amide bonds. The average Bonchev–Trinajstić information content (AvgIpc) is 2.61. The van der Waals surface area contributed by atoms with Crippen LogP contribution in [-0.2, 0) is 0 Å². The van der Waals surface area contributed by atoms with Crippen molar-refractivity contribution in [3.63, 3.8) is 0 Å². The Labute approximate surface area is 146 Å². The van der Waals surface area contributed by atoms with Crippen LogP contribution in [0.2, 0.25) is 5.02 Å². The Morgan fingerprint density at radius 3 is 2.48 bits per heavy atom. The number of aromatic nitrogens is 1. The third-order valence-corrected chi connectivity index (χ3v) is 4.35. The van der Waals surface area contributed by atoms with Gasteiger partial charge in [-0.2, -0.15) is 0 Å². The van der Waals surface area contributed by atoms with Crippen molar-refractivity contribution >= 4 is 34.6 Å². The van der Waals surface area contributed by atoms with Crippen LogP contribution in [0.15, 0.2) is 48.7 Å². The molecule has 0 unspecified atom stereocenters. The highest BCUT2D eigenvalue weighted by atomic mass is 35.5. The minimum atomic E-state index is 0.687. The predicted octanol–water partition coefficient (Wildman–Crippen LogP) is 3.24. The van der Waals surface area contributed by atoms with Gasteiger partial charge in [0.2, 0.25) is 0 Å². The number of halogens is 1. The van der Waals surface area contributed by atoms with Gasteiger partial charge in [0.15, 0.2) is 4.99 Å². The summed E-state index contributed by atoms with van der Waals surface area (Å²) in [6, 6.07) is 13.6. The maximum atomic E-state index is 6.21. The molecule has 1 aromatic carbocycles. The van der Waals surface area contributed by atoms with Crippen LogP contribution in [-0.4, -0.2) is 41.1 Å². The Kier molecular flexibility index (Phi) is 5.12. The van der Waals surface area contributed by atoms with Gasteiger partial charge in [-0.05, 0) is 30.2 Å². The molecular formula is C18H16ClN3S. The molecular weight excluding hydrogens is 326 g/mol. The Morgan fingerprint density at radius 1 is 1.04 bits per heavy atom. The molecule has 0 radical (unpaired) electrons. The quantitative estimate of drug-likeness (QED) is 0.585. The highest BCUT2D eigenvalue weighted by Gasteiger charge is 2.20. The van der Waals surface area contributed by atoms with Crippen LogP contribution in [0.25, 0.3) is 0 Å². The summed E-state index contributed by atoms with van der Waals surface area (Å²) in [5.74, 6) is 7.04. The van der Waals surface area contributed by atoms with E-state index < -0.39 is 0 Å². The van der Waals surface area contributed by atoms with Gasteiger partial charge < -0.3 is 9.80 Å². The number of piperazine rings is 1. The number of pyridine rings is 1. The average molecular weight is 342 g/mol. The molecule has 116 valence electrons. The zero-order chi connectivity index (χ0) is 16.1. The van der Waals surface area contributed by atoms with E-state index in [-0.39, 0.29) is 0 Å². The van der Waals surface area contributed by atoms with Crippen molar-refractivity contribution in [3.05, 3.63) is 59.2 Å². The molecule has 3 nitrogen and oxygen atoms in total. The van der Waals surface area contributed by atoms with Gasteiger partial charge >= 0.3 is 0 Å². The second-order valence-corrected chi connectivity index (χ2v) is 6.00. The van der Waals surface area contributed by atoms with Gasteiger partial charge in [0.05, 0.1) is 5.02 Å². The third kappa shape index (κ3) is 4.01. The lowest BCUT2D eigenvalue weighted by molar-refractivity contribution is 0.393. The largest absolute Gasteiger partial charge is 0.352 e. The van der Waals surface area contributed by atoms with E-state index in [2.05, 4.69) is 26.6 Å². The first-order valence-electron chi connectivity index (χ1n) is 7.45. The molecule has 0 spiro atoms. The molecule has 1 fully saturated rings. The highest BCUT2D eigenvalue weighted by Crippen LogP contribution is 2.23. The van der Waals surface area contributed by atoms with Crippen LogP contribution in [0.5, 0.6) is 0 Å². The number of hydrogen-bond donors (Lipinski definition) is 0. The Balaban J connectivity index is 1.60. The number of hydrogen-bond acceptors (Lipinski definition) is 3. The Hall–Kier alpha value is -2.09. The van der Waals surface area contributed by atoms with Crippen molar-refractivity contribution in [2.45, 2.75) is 0 Å². The first kappa shape index (κ1) is 15.8. The van der Waals surface area contributed by atoms with Gasteiger partial charge in [-0.1, -0.05) is 47.9 Å². The summed E-state index contributed by atoms with van der Waals surface area (Å²) in [7, 11) is 0. The maximum Gasteiger partial charge on any atom is 0.153 e. The molecule has 2 heterocycles. The fourth-order valence-electron chi connectivity index (χ4n) is 2.46. The normalized spacial score (nSPS) is 14.1. The second-order valence-electron chi connectivity index (χ2n) is 5.20. The van der Waals surface area contributed by atoms with E-state index in [9.17, 15) is 0 Å².